The van der Waals surface area contributed by atoms with Gasteiger partial charge in [-0.2, -0.15) is 0 Å². The third-order valence-electron chi connectivity index (χ3n) is 4.65. The van der Waals surface area contributed by atoms with E-state index in [0.717, 1.165) is 6.26 Å². The first-order chi connectivity index (χ1) is 14.2. The first-order valence-corrected chi connectivity index (χ1v) is 11.4. The summed E-state index contributed by atoms with van der Waals surface area (Å²) in [6, 6.07) is 13.5. The zero-order valence-corrected chi connectivity index (χ0v) is 18.1. The van der Waals surface area contributed by atoms with Crippen LogP contribution in [0.15, 0.2) is 54.7 Å². The van der Waals surface area contributed by atoms with Crippen LogP contribution >= 0.6 is 11.6 Å². The lowest BCUT2D eigenvalue weighted by molar-refractivity contribution is 0.0603. The smallest absolute Gasteiger partial charge is 0.340 e. The predicted molar refractivity (Wildman–Crippen MR) is 117 cm³/mol. The predicted octanol–water partition coefficient (Wildman–Crippen LogP) is 3.97. The normalized spacial score (nSPS) is 11.4. The molecule has 0 saturated heterocycles. The molecule has 0 spiro atoms. The number of carbonyl (C=O) groups is 2. The number of carbonyl (C=O) groups excluding carboxylic acids is 2. The molecule has 158 valence electrons. The Balaban J connectivity index is 1.78. The van der Waals surface area contributed by atoms with Crippen molar-refractivity contribution in [2.45, 2.75) is 12.8 Å². The van der Waals surface area contributed by atoms with Gasteiger partial charge in [0.25, 0.3) is 0 Å². The Morgan fingerprint density at radius 2 is 1.77 bits per heavy atom. The molecule has 0 bridgehead atoms. The molecular weight excluding hydrogens is 428 g/mol. The summed E-state index contributed by atoms with van der Waals surface area (Å²) >= 11 is 5.88. The third-order valence-corrected chi connectivity index (χ3v) is 6.10. The molecule has 7 nitrogen and oxygen atoms in total. The Morgan fingerprint density at radius 1 is 1.10 bits per heavy atom. The number of hydrogen-bond donors (Lipinski definition) is 0. The van der Waals surface area contributed by atoms with Crippen molar-refractivity contribution >= 4 is 50.1 Å². The van der Waals surface area contributed by atoms with Gasteiger partial charge in [-0.25, -0.2) is 13.2 Å². The van der Waals surface area contributed by atoms with Gasteiger partial charge < -0.3 is 4.74 Å². The summed E-state index contributed by atoms with van der Waals surface area (Å²) in [7, 11) is -2.24. The van der Waals surface area contributed by atoms with E-state index in [9.17, 15) is 18.0 Å². The maximum Gasteiger partial charge on any atom is 0.340 e. The number of halogens is 1. The van der Waals surface area contributed by atoms with Crippen LogP contribution in [0.1, 0.15) is 28.0 Å². The number of hydrogen-bond acceptors (Lipinski definition) is 5. The van der Waals surface area contributed by atoms with Gasteiger partial charge in [-0.15, -0.1) is 0 Å². The van der Waals surface area contributed by atoms with Crippen molar-refractivity contribution in [1.82, 2.24) is 4.57 Å². The number of sulfonamides is 1. The quantitative estimate of drug-likeness (QED) is 0.510. The highest BCUT2D eigenvalue weighted by molar-refractivity contribution is 7.92. The van der Waals surface area contributed by atoms with Crippen LogP contribution in [-0.2, 0) is 14.8 Å². The fourth-order valence-electron chi connectivity index (χ4n) is 3.25. The topological polar surface area (TPSA) is 85.7 Å². The first kappa shape index (κ1) is 21.9. The molecule has 0 saturated carbocycles. The van der Waals surface area contributed by atoms with Crippen LogP contribution < -0.4 is 4.31 Å². The van der Waals surface area contributed by atoms with E-state index in [-0.39, 0.29) is 18.9 Å². The molecule has 30 heavy (non-hydrogen) atoms. The first-order valence-electron chi connectivity index (χ1n) is 9.17. The highest BCUT2D eigenvalue weighted by Crippen LogP contribution is 2.24. The lowest BCUT2D eigenvalue weighted by Crippen LogP contribution is -2.31. The fraction of sp³-hybridized carbons (Fsp3) is 0.238. The van der Waals surface area contributed by atoms with Crippen molar-refractivity contribution in [1.29, 1.82) is 0 Å². The van der Waals surface area contributed by atoms with E-state index in [1.807, 2.05) is 0 Å². The molecular formula is C21H21ClN2O5S. The van der Waals surface area contributed by atoms with Gasteiger partial charge in [-0.1, -0.05) is 29.8 Å². The van der Waals surface area contributed by atoms with Crippen molar-refractivity contribution in [3.63, 3.8) is 0 Å². The number of benzene rings is 2. The summed E-state index contributed by atoms with van der Waals surface area (Å²) in [6.45, 7) is 0.134. The van der Waals surface area contributed by atoms with Crippen molar-refractivity contribution in [3.8, 4) is 0 Å². The Kier molecular flexibility index (Phi) is 6.48. The van der Waals surface area contributed by atoms with Gasteiger partial charge >= 0.3 is 5.97 Å². The molecule has 0 aliphatic rings. The molecule has 2 aromatic carbocycles. The zero-order chi connectivity index (χ0) is 21.9. The van der Waals surface area contributed by atoms with Crippen molar-refractivity contribution in [2.75, 3.05) is 24.2 Å². The zero-order valence-electron chi connectivity index (χ0n) is 16.5. The molecule has 0 unspecified atom stereocenters. The number of aromatic nitrogens is 1. The summed E-state index contributed by atoms with van der Waals surface area (Å²) in [6.07, 6.45) is 2.98. The van der Waals surface area contributed by atoms with Crippen LogP contribution in [-0.4, -0.2) is 44.8 Å². The lowest BCUT2D eigenvalue weighted by Gasteiger charge is -2.22. The molecule has 1 heterocycles. The second-order valence-electron chi connectivity index (χ2n) is 6.73. The van der Waals surface area contributed by atoms with Crippen LogP contribution in [0.3, 0.4) is 0 Å². The van der Waals surface area contributed by atoms with Crippen LogP contribution in [0, 0.1) is 0 Å². The second-order valence-corrected chi connectivity index (χ2v) is 9.07. The highest BCUT2D eigenvalue weighted by Gasteiger charge is 2.20. The molecule has 3 rings (SSSR count). The van der Waals surface area contributed by atoms with Gasteiger partial charge in [0.2, 0.25) is 15.9 Å². The van der Waals surface area contributed by atoms with E-state index in [1.54, 1.807) is 48.5 Å². The maximum atomic E-state index is 12.8. The molecule has 0 fully saturated rings. The molecule has 0 radical (unpaired) electrons. The van der Waals surface area contributed by atoms with Crippen molar-refractivity contribution < 1.29 is 22.7 Å². The Labute approximate surface area is 179 Å². The van der Waals surface area contributed by atoms with Gasteiger partial charge in [0.15, 0.2) is 0 Å². The summed E-state index contributed by atoms with van der Waals surface area (Å²) in [5.74, 6) is -0.769. The van der Waals surface area contributed by atoms with Crippen LogP contribution in [0.2, 0.25) is 5.02 Å². The summed E-state index contributed by atoms with van der Waals surface area (Å²) in [4.78, 5) is 24.8. The SMILES string of the molecule is COC(=O)c1cn(C(=O)CCCN(c2ccc(Cl)cc2)S(C)(=O)=O)c2ccccc12. The average Bonchev–Trinajstić information content (AvgIpc) is 3.10. The van der Waals surface area contributed by atoms with Gasteiger partial charge in [0.05, 0.1) is 30.1 Å². The summed E-state index contributed by atoms with van der Waals surface area (Å²) in [5, 5.41) is 1.12. The number of esters is 1. The van der Waals surface area contributed by atoms with Crippen molar-refractivity contribution in [3.05, 3.63) is 65.3 Å². The van der Waals surface area contributed by atoms with Gasteiger partial charge in [-0.05, 0) is 36.8 Å². The second kappa shape index (κ2) is 8.89. The minimum absolute atomic E-state index is 0.0961. The third kappa shape index (κ3) is 4.66. The molecule has 0 aliphatic heterocycles. The van der Waals surface area contributed by atoms with Crippen molar-refractivity contribution in [2.24, 2.45) is 0 Å². The van der Waals surface area contributed by atoms with E-state index in [4.69, 9.17) is 16.3 Å². The number of rotatable bonds is 7. The number of anilines is 1. The van der Waals surface area contributed by atoms with Crippen LogP contribution in [0.5, 0.6) is 0 Å². The standard InChI is InChI=1S/C21H21ClN2O5S/c1-29-21(26)18-14-23(19-7-4-3-6-17(18)19)20(25)8-5-13-24(30(2,27)28)16-11-9-15(22)10-12-16/h3-4,6-7,9-12,14H,5,8,13H2,1-2H3. The fourth-order valence-corrected chi connectivity index (χ4v) is 4.34. The van der Waals surface area contributed by atoms with E-state index in [1.165, 1.54) is 22.2 Å². The van der Waals surface area contributed by atoms with Gasteiger partial charge in [-0.3, -0.25) is 13.7 Å². The lowest BCUT2D eigenvalue weighted by atomic mass is 10.2. The molecule has 0 aliphatic carbocycles. The average molecular weight is 449 g/mol. The summed E-state index contributed by atoms with van der Waals surface area (Å²) in [5.41, 5.74) is 1.38. The van der Waals surface area contributed by atoms with E-state index < -0.39 is 16.0 Å². The minimum atomic E-state index is -3.53. The molecule has 0 atom stereocenters. The van der Waals surface area contributed by atoms with E-state index >= 15 is 0 Å². The van der Waals surface area contributed by atoms with Crippen LogP contribution in [0.25, 0.3) is 10.9 Å². The number of fused-ring (bicyclic) bond motifs is 1. The molecule has 9 heteroatoms. The van der Waals surface area contributed by atoms with Gasteiger partial charge in [0, 0.05) is 29.6 Å². The monoisotopic (exact) mass is 448 g/mol. The molecule has 0 amide bonds. The van der Waals surface area contributed by atoms with E-state index in [2.05, 4.69) is 0 Å². The Hall–Kier alpha value is -2.84. The van der Waals surface area contributed by atoms with Gasteiger partial charge in [0.1, 0.15) is 0 Å². The number of nitrogens with zero attached hydrogens (tertiary/aromatic N) is 2. The summed E-state index contributed by atoms with van der Waals surface area (Å²) < 4.78 is 31.9. The molecule has 3 aromatic rings. The largest absolute Gasteiger partial charge is 0.465 e. The molecule has 1 aromatic heterocycles. The molecule has 0 N–H and O–H groups in total. The van der Waals surface area contributed by atoms with Crippen LogP contribution in [0.4, 0.5) is 5.69 Å². The minimum Gasteiger partial charge on any atom is -0.465 e. The number of methoxy groups -OCH3 is 1. The number of ether oxygens (including phenoxy) is 1. The number of para-hydroxylation sites is 1. The highest BCUT2D eigenvalue weighted by atomic mass is 35.5. The Morgan fingerprint density at radius 3 is 2.40 bits per heavy atom. The maximum absolute atomic E-state index is 12.8. The van der Waals surface area contributed by atoms with E-state index in [0.29, 0.717) is 33.6 Å². The Bertz CT molecular complexity index is 1190.